The minimum Gasteiger partial charge on any atom is -0.192 e. The molecule has 2 nitrogen and oxygen atoms in total. The molecule has 0 atom stereocenters. The van der Waals surface area contributed by atoms with Crippen LogP contribution in [-0.2, 0) is 0 Å². The first-order valence-corrected chi connectivity index (χ1v) is 15.3. The van der Waals surface area contributed by atoms with Gasteiger partial charge in [-0.25, -0.2) is 0 Å². The lowest BCUT2D eigenvalue weighted by molar-refractivity contribution is 1.46. The van der Waals surface area contributed by atoms with Crippen LogP contribution in [0.4, 0.5) is 0 Å². The third-order valence-electron chi connectivity index (χ3n) is 7.96. The van der Waals surface area contributed by atoms with Crippen LogP contribution in [0.1, 0.15) is 11.1 Å². The average Bonchev–Trinajstić information content (AvgIpc) is 3.61. The van der Waals surface area contributed by atoms with E-state index < -0.39 is 0 Å². The summed E-state index contributed by atoms with van der Waals surface area (Å²) in [5.41, 5.74) is 7.09. The van der Waals surface area contributed by atoms with Gasteiger partial charge in [0, 0.05) is 45.9 Å². The highest BCUT2D eigenvalue weighted by Gasteiger charge is 2.17. The van der Waals surface area contributed by atoms with Gasteiger partial charge in [-0.1, -0.05) is 60.7 Å². The van der Waals surface area contributed by atoms with Gasteiger partial charge in [-0.3, -0.25) is 0 Å². The normalized spacial score (nSPS) is 11.3. The number of fused-ring (bicyclic) bond motifs is 6. The number of hydrogen-bond donors (Lipinski definition) is 0. The number of hydrogen-bond acceptors (Lipinski definition) is 4. The minimum atomic E-state index is 0.606. The molecule has 8 rings (SSSR count). The van der Waals surface area contributed by atoms with Gasteiger partial charge in [0.25, 0.3) is 0 Å². The van der Waals surface area contributed by atoms with Crippen molar-refractivity contribution in [2.24, 2.45) is 0 Å². The van der Waals surface area contributed by atoms with E-state index in [1.54, 1.807) is 22.7 Å². The highest BCUT2D eigenvalue weighted by Crippen LogP contribution is 2.43. The standard InChI is InChI=1S/C38H20N2S2/c39-21-23-6-5-7-24(16-23)32-20-30(25-12-14-37-33(17-25)28-8-1-3-10-35(28)41-37)27(22-40)19-31(32)26-13-15-38-34(18-26)29-9-2-4-11-36(29)42-38/h1-20H. The molecule has 0 N–H and O–H groups in total. The van der Waals surface area contributed by atoms with E-state index in [1.807, 2.05) is 30.3 Å². The molecule has 42 heavy (non-hydrogen) atoms. The fourth-order valence-electron chi connectivity index (χ4n) is 5.95. The molecule has 8 aromatic rings. The topological polar surface area (TPSA) is 47.6 Å². The second kappa shape index (κ2) is 9.68. The Labute approximate surface area is 250 Å². The van der Waals surface area contributed by atoms with E-state index in [4.69, 9.17) is 0 Å². The first kappa shape index (κ1) is 24.5. The molecule has 0 aliphatic rings. The van der Waals surface area contributed by atoms with Crippen molar-refractivity contribution in [3.63, 3.8) is 0 Å². The maximum Gasteiger partial charge on any atom is 0.0998 e. The zero-order chi connectivity index (χ0) is 28.2. The van der Waals surface area contributed by atoms with E-state index in [1.165, 1.54) is 40.3 Å². The molecule has 0 bridgehead atoms. The summed E-state index contributed by atoms with van der Waals surface area (Å²) in [7, 11) is 0. The Morgan fingerprint density at radius 3 is 1.57 bits per heavy atom. The van der Waals surface area contributed by atoms with Crippen LogP contribution in [0.15, 0.2) is 121 Å². The molecule has 0 aliphatic carbocycles. The van der Waals surface area contributed by atoms with Gasteiger partial charge in [-0.2, -0.15) is 10.5 Å². The first-order chi connectivity index (χ1) is 20.7. The van der Waals surface area contributed by atoms with E-state index >= 15 is 0 Å². The predicted molar refractivity (Wildman–Crippen MR) is 178 cm³/mol. The van der Waals surface area contributed by atoms with Crippen LogP contribution in [-0.4, -0.2) is 0 Å². The molecule has 0 radical (unpaired) electrons. The second-order valence-electron chi connectivity index (χ2n) is 10.4. The van der Waals surface area contributed by atoms with Gasteiger partial charge in [0.2, 0.25) is 0 Å². The van der Waals surface area contributed by atoms with E-state index in [9.17, 15) is 10.5 Å². The molecular formula is C38H20N2S2. The Hall–Kier alpha value is -5.26. The molecule has 0 saturated carbocycles. The van der Waals surface area contributed by atoms with Crippen LogP contribution >= 0.6 is 22.7 Å². The zero-order valence-corrected chi connectivity index (χ0v) is 23.9. The van der Waals surface area contributed by atoms with Gasteiger partial charge in [0.05, 0.1) is 23.3 Å². The van der Waals surface area contributed by atoms with Crippen LogP contribution in [0.3, 0.4) is 0 Å². The fourth-order valence-corrected chi connectivity index (χ4v) is 8.13. The molecule has 2 aromatic heterocycles. The summed E-state index contributed by atoms with van der Waals surface area (Å²) < 4.78 is 4.98. The van der Waals surface area contributed by atoms with Crippen LogP contribution in [0.25, 0.3) is 73.7 Å². The maximum absolute atomic E-state index is 10.4. The van der Waals surface area contributed by atoms with E-state index in [0.717, 1.165) is 33.4 Å². The molecule has 4 heteroatoms. The molecule has 2 heterocycles. The van der Waals surface area contributed by atoms with Gasteiger partial charge in [-0.15, -0.1) is 22.7 Å². The smallest absolute Gasteiger partial charge is 0.0998 e. The van der Waals surface area contributed by atoms with Gasteiger partial charge < -0.3 is 0 Å². The van der Waals surface area contributed by atoms with Crippen molar-refractivity contribution in [1.29, 1.82) is 10.5 Å². The number of thiophene rings is 2. The van der Waals surface area contributed by atoms with Crippen LogP contribution in [0.5, 0.6) is 0 Å². The summed E-state index contributed by atoms with van der Waals surface area (Å²) in [6.45, 7) is 0. The lowest BCUT2D eigenvalue weighted by Gasteiger charge is -2.16. The summed E-state index contributed by atoms with van der Waals surface area (Å²) in [5.74, 6) is 0. The lowest BCUT2D eigenvalue weighted by Crippen LogP contribution is -1.93. The van der Waals surface area contributed by atoms with Crippen LogP contribution in [0, 0.1) is 22.7 Å². The Morgan fingerprint density at radius 2 is 0.952 bits per heavy atom. The molecule has 0 aliphatic heterocycles. The van der Waals surface area contributed by atoms with E-state index in [-0.39, 0.29) is 0 Å². The fraction of sp³-hybridized carbons (Fsp3) is 0. The molecule has 194 valence electrons. The van der Waals surface area contributed by atoms with Crippen molar-refractivity contribution >= 4 is 63.0 Å². The minimum absolute atomic E-state index is 0.606. The number of nitrogens with zero attached hydrogens (tertiary/aromatic N) is 2. The Morgan fingerprint density at radius 1 is 0.405 bits per heavy atom. The highest BCUT2D eigenvalue weighted by molar-refractivity contribution is 7.26. The van der Waals surface area contributed by atoms with Gasteiger partial charge in [0.1, 0.15) is 0 Å². The van der Waals surface area contributed by atoms with Crippen molar-refractivity contribution in [3.8, 4) is 45.5 Å². The van der Waals surface area contributed by atoms with Crippen molar-refractivity contribution in [1.82, 2.24) is 0 Å². The Balaban J connectivity index is 1.40. The number of nitriles is 2. The van der Waals surface area contributed by atoms with Crippen molar-refractivity contribution < 1.29 is 0 Å². The summed E-state index contributed by atoms with van der Waals surface area (Å²) in [6.07, 6.45) is 0. The lowest BCUT2D eigenvalue weighted by atomic mass is 9.87. The van der Waals surface area contributed by atoms with Crippen LogP contribution in [0.2, 0.25) is 0 Å². The molecule has 0 saturated heterocycles. The summed E-state index contributed by atoms with van der Waals surface area (Å²) >= 11 is 3.58. The number of rotatable bonds is 3. The van der Waals surface area contributed by atoms with Gasteiger partial charge in [0.15, 0.2) is 0 Å². The molecular weight excluding hydrogens is 549 g/mol. The molecule has 0 unspecified atom stereocenters. The Bertz CT molecular complexity index is 2450. The van der Waals surface area contributed by atoms with Gasteiger partial charge in [-0.05, 0) is 88.5 Å². The third-order valence-corrected chi connectivity index (χ3v) is 10.3. The third kappa shape index (κ3) is 3.90. The molecule has 0 amide bonds. The van der Waals surface area contributed by atoms with E-state index in [2.05, 4.69) is 103 Å². The maximum atomic E-state index is 10.4. The van der Waals surface area contributed by atoms with Crippen LogP contribution < -0.4 is 0 Å². The summed E-state index contributed by atoms with van der Waals surface area (Å²) in [6, 6.07) is 46.7. The molecule has 6 aromatic carbocycles. The SMILES string of the molecule is N#Cc1cccc(-c2cc(-c3ccc4sc5ccccc5c4c3)c(C#N)cc2-c2ccc3sc4ccccc4c3c2)c1. The van der Waals surface area contributed by atoms with E-state index in [0.29, 0.717) is 11.1 Å². The van der Waals surface area contributed by atoms with Crippen molar-refractivity contribution in [2.75, 3.05) is 0 Å². The average molecular weight is 569 g/mol. The molecule has 0 fully saturated rings. The van der Waals surface area contributed by atoms with Gasteiger partial charge >= 0.3 is 0 Å². The monoisotopic (exact) mass is 568 g/mol. The zero-order valence-electron chi connectivity index (χ0n) is 22.3. The Kier molecular flexibility index (Phi) is 5.66. The van der Waals surface area contributed by atoms with Crippen molar-refractivity contribution in [3.05, 3.63) is 132 Å². The predicted octanol–water partition coefficient (Wildman–Crippen LogP) is 11.2. The second-order valence-corrected chi connectivity index (χ2v) is 12.5. The highest BCUT2D eigenvalue weighted by atomic mass is 32.1. The summed E-state index contributed by atoms with van der Waals surface area (Å²) in [5, 5.41) is 25.0. The molecule has 0 spiro atoms. The summed E-state index contributed by atoms with van der Waals surface area (Å²) in [4.78, 5) is 0. The first-order valence-electron chi connectivity index (χ1n) is 13.6. The quantitative estimate of drug-likeness (QED) is 0.213. The largest absolute Gasteiger partial charge is 0.192 e. The number of benzene rings is 6. The van der Waals surface area contributed by atoms with Crippen molar-refractivity contribution in [2.45, 2.75) is 0 Å².